The molecule has 9 heavy (non-hydrogen) atoms. The number of carbonyl (C=O) groups is 2. The Balaban J connectivity index is 2.75. The summed E-state index contributed by atoms with van der Waals surface area (Å²) in [4.78, 5) is 21.2. The fourth-order valence-corrected chi connectivity index (χ4v) is 0.712. The Labute approximate surface area is 52.3 Å². The van der Waals surface area contributed by atoms with Crippen LogP contribution in [0.1, 0.15) is 0 Å². The molecule has 0 atom stereocenters. The predicted molar refractivity (Wildman–Crippen MR) is 30.0 cm³/mol. The maximum Gasteiger partial charge on any atom is 0.192 e. The maximum absolute atomic E-state index is 10.6. The summed E-state index contributed by atoms with van der Waals surface area (Å²) in [5.74, 6) is -0.523. The van der Waals surface area contributed by atoms with Gasteiger partial charge in [0.1, 0.15) is 0 Å². The predicted octanol–water partition coefficient (Wildman–Crippen LogP) is -0.291. The van der Waals surface area contributed by atoms with E-state index in [9.17, 15) is 9.59 Å². The van der Waals surface area contributed by atoms with Gasteiger partial charge in [0.05, 0.1) is 0 Å². The molecule has 1 rings (SSSR count). The number of rotatable bonds is 1. The zero-order valence-corrected chi connectivity index (χ0v) is 4.96. The first-order valence-electron chi connectivity index (χ1n) is 2.54. The lowest BCUT2D eigenvalue weighted by molar-refractivity contribution is -0.133. The van der Waals surface area contributed by atoms with Crippen molar-refractivity contribution in [3.8, 4) is 0 Å². The Morgan fingerprint density at radius 1 is 1.33 bits per heavy atom. The molecule has 0 aromatic heterocycles. The van der Waals surface area contributed by atoms with E-state index in [-0.39, 0.29) is 11.6 Å². The molecule has 0 saturated heterocycles. The number of ether oxygens (including phenoxy) is 1. The van der Waals surface area contributed by atoms with Crippen LogP contribution < -0.4 is 0 Å². The van der Waals surface area contributed by atoms with Crippen LogP contribution in [-0.4, -0.2) is 24.8 Å². The fraction of sp³-hybridized carbons (Fsp3) is 0.333. The molecule has 0 aliphatic heterocycles. The van der Waals surface area contributed by atoms with Gasteiger partial charge in [-0.05, 0) is 12.2 Å². The Bertz CT molecular complexity index is 163. The topological polar surface area (TPSA) is 43.4 Å². The number of methoxy groups -OCH3 is 1. The molecule has 0 radical (unpaired) electrons. The molecule has 1 aliphatic carbocycles. The van der Waals surface area contributed by atoms with E-state index in [0.29, 0.717) is 0 Å². The second kappa shape index (κ2) is 2.11. The van der Waals surface area contributed by atoms with Crippen LogP contribution >= 0.6 is 0 Å². The third-order valence-corrected chi connectivity index (χ3v) is 1.16. The Kier molecular flexibility index (Phi) is 1.44. The van der Waals surface area contributed by atoms with Crippen molar-refractivity contribution in [3.63, 3.8) is 0 Å². The van der Waals surface area contributed by atoms with Crippen LogP contribution in [0.2, 0.25) is 0 Å². The zero-order chi connectivity index (χ0) is 6.85. The van der Waals surface area contributed by atoms with Crippen LogP contribution in [0, 0.1) is 0 Å². The second-order valence-electron chi connectivity index (χ2n) is 1.75. The number of carbonyl (C=O) groups excluding carboxylic acids is 2. The molecule has 0 spiro atoms. The van der Waals surface area contributed by atoms with E-state index in [1.54, 1.807) is 0 Å². The quantitative estimate of drug-likeness (QED) is 0.453. The molecule has 1 aliphatic rings. The molecule has 0 aromatic carbocycles. The highest BCUT2D eigenvalue weighted by Gasteiger charge is 2.26. The first kappa shape index (κ1) is 6.16. The van der Waals surface area contributed by atoms with Crippen molar-refractivity contribution in [2.24, 2.45) is 0 Å². The van der Waals surface area contributed by atoms with Crippen molar-refractivity contribution in [1.82, 2.24) is 0 Å². The van der Waals surface area contributed by atoms with Gasteiger partial charge in [0.2, 0.25) is 0 Å². The van der Waals surface area contributed by atoms with Crippen molar-refractivity contribution >= 4 is 11.6 Å². The van der Waals surface area contributed by atoms with Gasteiger partial charge >= 0.3 is 0 Å². The molecule has 3 nitrogen and oxygen atoms in total. The maximum atomic E-state index is 10.6. The third kappa shape index (κ3) is 0.907. The largest absolute Gasteiger partial charge is 0.365 e. The lowest BCUT2D eigenvalue weighted by Gasteiger charge is -2.00. The number of hydrogen-bond donors (Lipinski definition) is 0. The van der Waals surface area contributed by atoms with Crippen molar-refractivity contribution in [1.29, 1.82) is 0 Å². The molecular weight excluding hydrogens is 120 g/mol. The Morgan fingerprint density at radius 2 is 1.78 bits per heavy atom. The van der Waals surface area contributed by atoms with Gasteiger partial charge in [0, 0.05) is 7.11 Å². The highest BCUT2D eigenvalue weighted by Crippen LogP contribution is 2.04. The zero-order valence-electron chi connectivity index (χ0n) is 4.96. The molecule has 0 saturated carbocycles. The minimum absolute atomic E-state index is 0.262. The van der Waals surface area contributed by atoms with Gasteiger partial charge in [0.25, 0.3) is 0 Å². The van der Waals surface area contributed by atoms with Crippen molar-refractivity contribution < 1.29 is 14.3 Å². The summed E-state index contributed by atoms with van der Waals surface area (Å²) in [6.45, 7) is 0. The van der Waals surface area contributed by atoms with Gasteiger partial charge in [-0.2, -0.15) is 0 Å². The van der Waals surface area contributed by atoms with E-state index < -0.39 is 6.10 Å². The van der Waals surface area contributed by atoms with Gasteiger partial charge in [-0.1, -0.05) is 0 Å². The molecule has 0 fully saturated rings. The highest BCUT2D eigenvalue weighted by molar-refractivity contribution is 6.21. The van der Waals surface area contributed by atoms with Crippen LogP contribution in [-0.2, 0) is 14.3 Å². The number of hydrogen-bond acceptors (Lipinski definition) is 3. The summed E-state index contributed by atoms with van der Waals surface area (Å²) in [6.07, 6.45) is 1.61. The summed E-state index contributed by atoms with van der Waals surface area (Å²) in [6, 6.07) is 0. The standard InChI is InChI=1S/C6H6O3/c1-9-6-4(7)2-3-5(6)8/h2-3,6H,1H3. The molecule has 0 N–H and O–H groups in total. The van der Waals surface area contributed by atoms with E-state index in [1.165, 1.54) is 19.3 Å². The summed E-state index contributed by atoms with van der Waals surface area (Å²) < 4.78 is 4.57. The van der Waals surface area contributed by atoms with Crippen molar-refractivity contribution in [2.45, 2.75) is 6.10 Å². The fourth-order valence-electron chi connectivity index (χ4n) is 0.712. The van der Waals surface area contributed by atoms with E-state index in [2.05, 4.69) is 4.74 Å². The molecule has 3 heteroatoms. The molecule has 0 aromatic rings. The molecule has 0 bridgehead atoms. The monoisotopic (exact) mass is 126 g/mol. The lowest BCUT2D eigenvalue weighted by atomic mass is 10.2. The van der Waals surface area contributed by atoms with Crippen LogP contribution in [0.5, 0.6) is 0 Å². The summed E-state index contributed by atoms with van der Waals surface area (Å²) in [5.41, 5.74) is 0. The smallest absolute Gasteiger partial charge is 0.192 e. The summed E-state index contributed by atoms with van der Waals surface area (Å²) in [5, 5.41) is 0. The van der Waals surface area contributed by atoms with Gasteiger partial charge in [0.15, 0.2) is 17.7 Å². The summed E-state index contributed by atoms with van der Waals surface area (Å²) in [7, 11) is 1.34. The van der Waals surface area contributed by atoms with Gasteiger partial charge in [-0.3, -0.25) is 9.59 Å². The van der Waals surface area contributed by atoms with Gasteiger partial charge in [-0.25, -0.2) is 0 Å². The van der Waals surface area contributed by atoms with Crippen LogP contribution in [0.15, 0.2) is 12.2 Å². The van der Waals surface area contributed by atoms with Gasteiger partial charge < -0.3 is 4.74 Å². The van der Waals surface area contributed by atoms with Crippen molar-refractivity contribution in [2.75, 3.05) is 7.11 Å². The van der Waals surface area contributed by atoms with E-state index >= 15 is 0 Å². The minimum Gasteiger partial charge on any atom is -0.365 e. The second-order valence-corrected chi connectivity index (χ2v) is 1.75. The first-order valence-corrected chi connectivity index (χ1v) is 2.54. The number of ketones is 2. The van der Waals surface area contributed by atoms with Crippen LogP contribution in [0.4, 0.5) is 0 Å². The lowest BCUT2D eigenvalue weighted by Crippen LogP contribution is -2.23. The van der Waals surface area contributed by atoms with E-state index in [4.69, 9.17) is 0 Å². The van der Waals surface area contributed by atoms with Crippen molar-refractivity contribution in [3.05, 3.63) is 12.2 Å². The van der Waals surface area contributed by atoms with E-state index in [0.717, 1.165) is 0 Å². The molecule has 0 amide bonds. The Morgan fingerprint density at radius 3 is 2.00 bits per heavy atom. The average Bonchev–Trinajstić information content (AvgIpc) is 2.12. The molecule has 0 unspecified atom stereocenters. The Hall–Kier alpha value is -0.960. The highest BCUT2D eigenvalue weighted by atomic mass is 16.5. The van der Waals surface area contributed by atoms with Gasteiger partial charge in [-0.15, -0.1) is 0 Å². The summed E-state index contributed by atoms with van der Waals surface area (Å²) >= 11 is 0. The average molecular weight is 126 g/mol. The first-order chi connectivity index (χ1) is 4.25. The normalized spacial score (nSPS) is 19.7. The van der Waals surface area contributed by atoms with Crippen LogP contribution in [0.25, 0.3) is 0 Å². The molecule has 48 valence electrons. The third-order valence-electron chi connectivity index (χ3n) is 1.16. The SMILES string of the molecule is COC1C(=O)C=CC1=O. The molecule has 0 heterocycles. The van der Waals surface area contributed by atoms with E-state index in [1.807, 2.05) is 0 Å². The minimum atomic E-state index is -0.856. The van der Waals surface area contributed by atoms with Crippen LogP contribution in [0.3, 0.4) is 0 Å². The molecular formula is C6H6O3.